The predicted molar refractivity (Wildman–Crippen MR) is 68.2 cm³/mol. The molecule has 1 saturated carbocycles. The van der Waals surface area contributed by atoms with Crippen molar-refractivity contribution in [1.82, 2.24) is 4.90 Å². The number of nitrogens with zero attached hydrogens (tertiary/aromatic N) is 1. The van der Waals surface area contributed by atoms with Crippen LogP contribution in [0.3, 0.4) is 0 Å². The summed E-state index contributed by atoms with van der Waals surface area (Å²) < 4.78 is 0. The van der Waals surface area contributed by atoms with Crippen LogP contribution in [0.15, 0.2) is 0 Å². The molecule has 2 rings (SSSR count). The van der Waals surface area contributed by atoms with Crippen LogP contribution in [0.1, 0.15) is 33.1 Å². The van der Waals surface area contributed by atoms with Crippen molar-refractivity contribution in [2.75, 3.05) is 19.6 Å². The van der Waals surface area contributed by atoms with E-state index in [0.29, 0.717) is 11.3 Å². The fraction of sp³-hybridized carbons (Fsp3) is 0.923. The van der Waals surface area contributed by atoms with Crippen molar-refractivity contribution in [3.8, 4) is 0 Å². The summed E-state index contributed by atoms with van der Waals surface area (Å²) in [5, 5.41) is 0. The minimum atomic E-state index is -0.337. The molecule has 2 fully saturated rings. The molecule has 0 radical (unpaired) electrons. The summed E-state index contributed by atoms with van der Waals surface area (Å²) in [5.74, 6) is 1.04. The topological polar surface area (TPSA) is 72.4 Å². The van der Waals surface area contributed by atoms with Crippen molar-refractivity contribution in [2.24, 2.45) is 28.7 Å². The predicted octanol–water partition coefficient (Wildman–Crippen LogP) is 0.557. The third-order valence-corrected chi connectivity index (χ3v) is 4.53. The minimum absolute atomic E-state index is 0.132. The Labute approximate surface area is 104 Å². The molecule has 1 atom stereocenters. The van der Waals surface area contributed by atoms with Crippen LogP contribution in [-0.4, -0.2) is 36.5 Å². The first-order chi connectivity index (χ1) is 7.97. The monoisotopic (exact) mass is 239 g/mol. The molecule has 4 nitrogen and oxygen atoms in total. The van der Waals surface area contributed by atoms with Gasteiger partial charge in [-0.05, 0) is 43.1 Å². The van der Waals surface area contributed by atoms with Crippen LogP contribution < -0.4 is 11.5 Å². The van der Waals surface area contributed by atoms with Gasteiger partial charge in [-0.3, -0.25) is 4.79 Å². The van der Waals surface area contributed by atoms with Crippen LogP contribution in [0, 0.1) is 17.3 Å². The van der Waals surface area contributed by atoms with Crippen LogP contribution in [0.25, 0.3) is 0 Å². The molecule has 1 aliphatic heterocycles. The zero-order valence-corrected chi connectivity index (χ0v) is 11.0. The molecule has 0 aromatic rings. The Morgan fingerprint density at radius 2 is 2.12 bits per heavy atom. The molecule has 0 unspecified atom stereocenters. The van der Waals surface area contributed by atoms with E-state index in [1.807, 2.05) is 18.7 Å². The molecular weight excluding hydrogens is 214 g/mol. The summed E-state index contributed by atoms with van der Waals surface area (Å²) in [6.45, 7) is 6.59. The Kier molecular flexibility index (Phi) is 3.46. The molecule has 1 aliphatic carbocycles. The smallest absolute Gasteiger partial charge is 0.239 e. The van der Waals surface area contributed by atoms with Gasteiger partial charge in [0.15, 0.2) is 0 Å². The Bertz CT molecular complexity index is 297. The van der Waals surface area contributed by atoms with Gasteiger partial charge in [0.1, 0.15) is 0 Å². The van der Waals surface area contributed by atoms with Crippen molar-refractivity contribution in [3.63, 3.8) is 0 Å². The van der Waals surface area contributed by atoms with Gasteiger partial charge in [0.25, 0.3) is 0 Å². The van der Waals surface area contributed by atoms with E-state index in [9.17, 15) is 4.79 Å². The van der Waals surface area contributed by atoms with Crippen molar-refractivity contribution in [3.05, 3.63) is 0 Å². The molecule has 4 heteroatoms. The lowest BCUT2D eigenvalue weighted by molar-refractivity contribution is -0.133. The molecule has 17 heavy (non-hydrogen) atoms. The van der Waals surface area contributed by atoms with Crippen LogP contribution in [0.2, 0.25) is 0 Å². The fourth-order valence-corrected chi connectivity index (χ4v) is 3.28. The van der Waals surface area contributed by atoms with Crippen LogP contribution in [0.4, 0.5) is 0 Å². The number of hydrogen-bond acceptors (Lipinski definition) is 3. The quantitative estimate of drug-likeness (QED) is 0.756. The summed E-state index contributed by atoms with van der Waals surface area (Å²) in [6.07, 6.45) is 3.54. The minimum Gasteiger partial charge on any atom is -0.341 e. The first-order valence-electron chi connectivity index (χ1n) is 6.72. The zero-order chi connectivity index (χ0) is 12.6. The second-order valence-electron chi connectivity index (χ2n) is 6.29. The van der Waals surface area contributed by atoms with Gasteiger partial charge in [-0.25, -0.2) is 0 Å². The number of amides is 1. The van der Waals surface area contributed by atoms with Gasteiger partial charge < -0.3 is 16.4 Å². The number of carbonyl (C=O) groups excluding carboxylic acids is 1. The molecule has 1 saturated heterocycles. The lowest BCUT2D eigenvalue weighted by atomic mass is 9.61. The highest BCUT2D eigenvalue weighted by Crippen LogP contribution is 2.51. The number of nitrogens with two attached hydrogens (primary N) is 2. The maximum absolute atomic E-state index is 12.1. The first-order valence-corrected chi connectivity index (χ1v) is 6.72. The molecule has 1 amide bonds. The summed E-state index contributed by atoms with van der Waals surface area (Å²) in [7, 11) is 0. The SMILES string of the molecule is CC(C)[C@@H](N)C(=O)N1CCC2(CC(CN)C2)C1. The summed E-state index contributed by atoms with van der Waals surface area (Å²) in [5.41, 5.74) is 12.0. The van der Waals surface area contributed by atoms with E-state index < -0.39 is 0 Å². The summed E-state index contributed by atoms with van der Waals surface area (Å²) in [6, 6.07) is -0.337. The van der Waals surface area contributed by atoms with Gasteiger partial charge in [-0.15, -0.1) is 0 Å². The van der Waals surface area contributed by atoms with E-state index in [1.54, 1.807) is 0 Å². The number of hydrogen-bond donors (Lipinski definition) is 2. The molecule has 98 valence electrons. The number of likely N-dealkylation sites (tertiary alicyclic amines) is 1. The highest BCUT2D eigenvalue weighted by atomic mass is 16.2. The normalized spacial score (nSPS) is 34.2. The van der Waals surface area contributed by atoms with Gasteiger partial charge in [0.2, 0.25) is 5.91 Å². The van der Waals surface area contributed by atoms with Crippen LogP contribution in [-0.2, 0) is 4.79 Å². The standard InChI is InChI=1S/C13H25N3O/c1-9(2)11(15)12(17)16-4-3-13(8-16)5-10(6-13)7-14/h9-11H,3-8,14-15H2,1-2H3/t10?,11-,13?/m1/s1. The van der Waals surface area contributed by atoms with Gasteiger partial charge >= 0.3 is 0 Å². The Morgan fingerprint density at radius 3 is 2.65 bits per heavy atom. The van der Waals surface area contributed by atoms with E-state index in [2.05, 4.69) is 0 Å². The van der Waals surface area contributed by atoms with E-state index in [4.69, 9.17) is 11.5 Å². The average molecular weight is 239 g/mol. The Morgan fingerprint density at radius 1 is 1.47 bits per heavy atom. The average Bonchev–Trinajstić information content (AvgIpc) is 2.69. The van der Waals surface area contributed by atoms with Gasteiger partial charge in [0, 0.05) is 13.1 Å². The van der Waals surface area contributed by atoms with Crippen LogP contribution in [0.5, 0.6) is 0 Å². The van der Waals surface area contributed by atoms with Crippen molar-refractivity contribution >= 4 is 5.91 Å². The molecule has 0 aromatic heterocycles. The van der Waals surface area contributed by atoms with Crippen molar-refractivity contribution in [2.45, 2.75) is 39.2 Å². The van der Waals surface area contributed by atoms with E-state index in [1.165, 1.54) is 12.8 Å². The zero-order valence-electron chi connectivity index (χ0n) is 11.0. The summed E-state index contributed by atoms with van der Waals surface area (Å²) >= 11 is 0. The Hall–Kier alpha value is -0.610. The summed E-state index contributed by atoms with van der Waals surface area (Å²) in [4.78, 5) is 14.1. The van der Waals surface area contributed by atoms with Gasteiger partial charge in [-0.2, -0.15) is 0 Å². The maximum Gasteiger partial charge on any atom is 0.239 e. The highest BCUT2D eigenvalue weighted by molar-refractivity contribution is 5.82. The first kappa shape index (κ1) is 12.8. The number of carbonyl (C=O) groups is 1. The van der Waals surface area contributed by atoms with Gasteiger partial charge in [0.05, 0.1) is 6.04 Å². The van der Waals surface area contributed by atoms with Crippen molar-refractivity contribution < 1.29 is 4.79 Å². The lowest BCUT2D eigenvalue weighted by Crippen LogP contribution is -2.48. The maximum atomic E-state index is 12.1. The molecule has 1 heterocycles. The van der Waals surface area contributed by atoms with Crippen molar-refractivity contribution in [1.29, 1.82) is 0 Å². The lowest BCUT2D eigenvalue weighted by Gasteiger charge is -2.45. The van der Waals surface area contributed by atoms with Crippen LogP contribution >= 0.6 is 0 Å². The second kappa shape index (κ2) is 4.58. The largest absolute Gasteiger partial charge is 0.341 e. The third kappa shape index (κ3) is 2.33. The third-order valence-electron chi connectivity index (χ3n) is 4.53. The number of rotatable bonds is 3. The molecule has 0 bridgehead atoms. The van der Waals surface area contributed by atoms with Gasteiger partial charge in [-0.1, -0.05) is 13.8 Å². The highest BCUT2D eigenvalue weighted by Gasteiger charge is 2.49. The van der Waals surface area contributed by atoms with E-state index >= 15 is 0 Å². The molecule has 0 aromatic carbocycles. The molecular formula is C13H25N3O. The molecule has 1 spiro atoms. The molecule has 4 N–H and O–H groups in total. The fourth-order valence-electron chi connectivity index (χ4n) is 3.28. The Balaban J connectivity index is 1.88. The van der Waals surface area contributed by atoms with E-state index in [0.717, 1.165) is 26.1 Å². The molecule has 2 aliphatic rings. The van der Waals surface area contributed by atoms with E-state index in [-0.39, 0.29) is 17.9 Å². The second-order valence-corrected chi connectivity index (χ2v) is 6.29.